The molecule has 0 aliphatic carbocycles. The predicted octanol–water partition coefficient (Wildman–Crippen LogP) is 1.74. The van der Waals surface area contributed by atoms with Crippen LogP contribution in [-0.2, 0) is 11.2 Å². The van der Waals surface area contributed by atoms with Crippen molar-refractivity contribution in [3.63, 3.8) is 0 Å². The average Bonchev–Trinajstić information content (AvgIpc) is 3.23. The molecule has 0 spiro atoms. The molecule has 0 bridgehead atoms. The number of aryl methyl sites for hydroxylation is 2. The minimum Gasteiger partial charge on any atom is -0.354 e. The lowest BCUT2D eigenvalue weighted by molar-refractivity contribution is -0.132. The first kappa shape index (κ1) is 21.8. The van der Waals surface area contributed by atoms with Gasteiger partial charge in [-0.05, 0) is 50.8 Å². The molecule has 2 aliphatic rings. The van der Waals surface area contributed by atoms with Gasteiger partial charge >= 0.3 is 0 Å². The Hall–Kier alpha value is -3.07. The summed E-state index contributed by atoms with van der Waals surface area (Å²) in [5.74, 6) is 2.81. The summed E-state index contributed by atoms with van der Waals surface area (Å²) in [6, 6.07) is 8.05. The normalized spacial score (nSPS) is 19.9. The number of pyridine rings is 1. The fourth-order valence-electron chi connectivity index (χ4n) is 5.04. The van der Waals surface area contributed by atoms with Gasteiger partial charge in [0.25, 0.3) is 5.78 Å². The van der Waals surface area contributed by atoms with Crippen molar-refractivity contribution < 1.29 is 4.79 Å². The molecule has 0 N–H and O–H groups in total. The Labute approximate surface area is 194 Å². The highest BCUT2D eigenvalue weighted by atomic mass is 16.2. The number of anilines is 1. The Kier molecular flexibility index (Phi) is 6.22. The zero-order valence-corrected chi connectivity index (χ0v) is 19.5. The fraction of sp³-hybridized carbons (Fsp3) is 0.542. The van der Waals surface area contributed by atoms with E-state index in [2.05, 4.69) is 35.9 Å². The number of rotatable bonds is 5. The van der Waals surface area contributed by atoms with Crippen LogP contribution in [-0.4, -0.2) is 86.1 Å². The van der Waals surface area contributed by atoms with Crippen molar-refractivity contribution in [2.45, 2.75) is 33.1 Å². The van der Waals surface area contributed by atoms with Gasteiger partial charge < -0.3 is 9.80 Å². The Balaban J connectivity index is 1.14. The number of hydrogen-bond acceptors (Lipinski definition) is 7. The van der Waals surface area contributed by atoms with Crippen molar-refractivity contribution in [2.75, 3.05) is 50.7 Å². The predicted molar refractivity (Wildman–Crippen MR) is 126 cm³/mol. The first-order valence-electron chi connectivity index (χ1n) is 11.9. The minimum absolute atomic E-state index is 0.116. The average molecular weight is 449 g/mol. The molecular formula is C24H32N8O. The zero-order chi connectivity index (χ0) is 22.8. The molecule has 2 saturated heterocycles. The van der Waals surface area contributed by atoms with Crippen LogP contribution in [0.15, 0.2) is 30.5 Å². The minimum atomic E-state index is 0.116. The second kappa shape index (κ2) is 9.43. The number of piperazine rings is 1. The molecule has 1 atom stereocenters. The van der Waals surface area contributed by atoms with Crippen LogP contribution < -0.4 is 4.90 Å². The highest BCUT2D eigenvalue weighted by Crippen LogP contribution is 2.20. The van der Waals surface area contributed by atoms with E-state index in [1.165, 1.54) is 6.42 Å². The van der Waals surface area contributed by atoms with Gasteiger partial charge in [-0.15, -0.1) is 5.10 Å². The summed E-state index contributed by atoms with van der Waals surface area (Å²) in [6.45, 7) is 10.7. The van der Waals surface area contributed by atoms with Crippen LogP contribution in [0.4, 0.5) is 5.82 Å². The molecule has 1 unspecified atom stereocenters. The van der Waals surface area contributed by atoms with Crippen molar-refractivity contribution in [3.05, 3.63) is 47.7 Å². The standard InChI is InChI=1S/C24H32N8O/c1-18-14-19(2)32-24(26-18)27-21(28-32)15-23(33)31-9-5-6-20(17-31)16-29-10-12-30(13-11-29)22-7-3-4-8-25-22/h3-4,7-8,14,20H,5-6,9-13,15-17H2,1-2H3. The number of aromatic nitrogens is 5. The van der Waals surface area contributed by atoms with E-state index < -0.39 is 0 Å². The first-order valence-corrected chi connectivity index (χ1v) is 11.9. The second-order valence-corrected chi connectivity index (χ2v) is 9.28. The summed E-state index contributed by atoms with van der Waals surface area (Å²) in [5, 5.41) is 4.51. The molecule has 33 heavy (non-hydrogen) atoms. The Morgan fingerprint density at radius 2 is 1.94 bits per heavy atom. The van der Waals surface area contributed by atoms with Gasteiger partial charge in [-0.1, -0.05) is 6.07 Å². The van der Waals surface area contributed by atoms with E-state index in [-0.39, 0.29) is 12.3 Å². The molecule has 3 aromatic rings. The number of amides is 1. The van der Waals surface area contributed by atoms with Crippen molar-refractivity contribution in [2.24, 2.45) is 5.92 Å². The van der Waals surface area contributed by atoms with E-state index >= 15 is 0 Å². The van der Waals surface area contributed by atoms with E-state index in [9.17, 15) is 4.79 Å². The highest BCUT2D eigenvalue weighted by molar-refractivity contribution is 5.78. The summed E-state index contributed by atoms with van der Waals surface area (Å²) in [4.78, 5) is 33.3. The van der Waals surface area contributed by atoms with Crippen molar-refractivity contribution in [1.82, 2.24) is 34.4 Å². The topological polar surface area (TPSA) is 82.8 Å². The third-order valence-electron chi connectivity index (χ3n) is 6.71. The molecular weight excluding hydrogens is 416 g/mol. The summed E-state index contributed by atoms with van der Waals surface area (Å²) in [6.07, 6.45) is 4.33. The SMILES string of the molecule is Cc1cc(C)n2nc(CC(=O)N3CCCC(CN4CCN(c5ccccn5)CC4)C3)nc2n1. The number of likely N-dealkylation sites (tertiary alicyclic amines) is 1. The van der Waals surface area contributed by atoms with Crippen LogP contribution in [0.3, 0.4) is 0 Å². The number of hydrogen-bond donors (Lipinski definition) is 0. The van der Waals surface area contributed by atoms with Crippen LogP contribution in [0.25, 0.3) is 5.78 Å². The second-order valence-electron chi connectivity index (χ2n) is 9.28. The first-order chi connectivity index (χ1) is 16.0. The van der Waals surface area contributed by atoms with E-state index in [0.29, 0.717) is 17.5 Å². The van der Waals surface area contributed by atoms with Gasteiger partial charge in [-0.25, -0.2) is 14.5 Å². The number of piperidine rings is 1. The summed E-state index contributed by atoms with van der Waals surface area (Å²) < 4.78 is 1.72. The van der Waals surface area contributed by atoms with Gasteiger partial charge in [0.2, 0.25) is 5.91 Å². The molecule has 5 heterocycles. The maximum atomic E-state index is 13.0. The molecule has 0 saturated carbocycles. The Bertz CT molecular complexity index is 1110. The van der Waals surface area contributed by atoms with Gasteiger partial charge in [-0.2, -0.15) is 4.98 Å². The molecule has 2 aliphatic heterocycles. The summed E-state index contributed by atoms with van der Waals surface area (Å²) in [5.41, 5.74) is 1.88. The molecule has 174 valence electrons. The zero-order valence-electron chi connectivity index (χ0n) is 19.5. The monoisotopic (exact) mass is 448 g/mol. The van der Waals surface area contributed by atoms with E-state index in [4.69, 9.17) is 0 Å². The van der Waals surface area contributed by atoms with Gasteiger partial charge in [-0.3, -0.25) is 9.69 Å². The van der Waals surface area contributed by atoms with Crippen molar-refractivity contribution >= 4 is 17.5 Å². The van der Waals surface area contributed by atoms with Gasteiger partial charge in [0.15, 0.2) is 5.82 Å². The third-order valence-corrected chi connectivity index (χ3v) is 6.71. The lowest BCUT2D eigenvalue weighted by atomic mass is 9.96. The maximum absolute atomic E-state index is 13.0. The Morgan fingerprint density at radius 3 is 2.73 bits per heavy atom. The highest BCUT2D eigenvalue weighted by Gasteiger charge is 2.27. The number of carbonyl (C=O) groups is 1. The summed E-state index contributed by atoms with van der Waals surface area (Å²) in [7, 11) is 0. The molecule has 0 aromatic carbocycles. The molecule has 1 amide bonds. The fourth-order valence-corrected chi connectivity index (χ4v) is 5.04. The van der Waals surface area contributed by atoms with Crippen molar-refractivity contribution in [3.8, 4) is 0 Å². The van der Waals surface area contributed by atoms with Gasteiger partial charge in [0.05, 0.1) is 6.42 Å². The van der Waals surface area contributed by atoms with Crippen LogP contribution >= 0.6 is 0 Å². The molecule has 3 aromatic heterocycles. The Morgan fingerprint density at radius 1 is 1.09 bits per heavy atom. The van der Waals surface area contributed by atoms with Crippen molar-refractivity contribution in [1.29, 1.82) is 0 Å². The quantitative estimate of drug-likeness (QED) is 0.588. The smallest absolute Gasteiger partial charge is 0.252 e. The lowest BCUT2D eigenvalue weighted by Crippen LogP contribution is -2.50. The largest absolute Gasteiger partial charge is 0.354 e. The number of carbonyl (C=O) groups excluding carboxylic acids is 1. The molecule has 5 rings (SSSR count). The van der Waals surface area contributed by atoms with Crippen LogP contribution in [0.5, 0.6) is 0 Å². The summed E-state index contributed by atoms with van der Waals surface area (Å²) >= 11 is 0. The third kappa shape index (κ3) is 4.98. The molecule has 0 radical (unpaired) electrons. The maximum Gasteiger partial charge on any atom is 0.252 e. The molecule has 9 nitrogen and oxygen atoms in total. The van der Waals surface area contributed by atoms with Crippen LogP contribution in [0.2, 0.25) is 0 Å². The van der Waals surface area contributed by atoms with Gasteiger partial charge in [0.1, 0.15) is 5.82 Å². The number of fused-ring (bicyclic) bond motifs is 1. The van der Waals surface area contributed by atoms with E-state index in [1.807, 2.05) is 43.1 Å². The molecule has 9 heteroatoms. The number of nitrogens with zero attached hydrogens (tertiary/aromatic N) is 8. The van der Waals surface area contributed by atoms with Crippen LogP contribution in [0, 0.1) is 19.8 Å². The van der Waals surface area contributed by atoms with Gasteiger partial charge in [0, 0.05) is 63.4 Å². The van der Waals surface area contributed by atoms with E-state index in [0.717, 1.165) is 69.4 Å². The molecule has 2 fully saturated rings. The van der Waals surface area contributed by atoms with E-state index in [1.54, 1.807) is 4.52 Å². The van der Waals surface area contributed by atoms with Crippen LogP contribution in [0.1, 0.15) is 30.1 Å². The lowest BCUT2D eigenvalue weighted by Gasteiger charge is -2.39.